The van der Waals surface area contributed by atoms with E-state index in [0.29, 0.717) is 12.5 Å². The number of rotatable bonds is 3. The van der Waals surface area contributed by atoms with Gasteiger partial charge in [-0.25, -0.2) is 4.79 Å². The van der Waals surface area contributed by atoms with Gasteiger partial charge in [0.15, 0.2) is 0 Å². The average molecular weight is 170 g/mol. The monoisotopic (exact) mass is 170 g/mol. The number of carbonyl (C=O) groups excluding carboxylic acids is 1. The average Bonchev–Trinajstić information content (AvgIpc) is 2.01. The molecule has 0 aliphatic heterocycles. The predicted molar refractivity (Wildman–Crippen MR) is 51.9 cm³/mol. The second-order valence-corrected chi connectivity index (χ2v) is 2.64. The van der Waals surface area contributed by atoms with Gasteiger partial charge in [-0.3, -0.25) is 0 Å². The third kappa shape index (κ3) is 16.0. The van der Waals surface area contributed by atoms with Gasteiger partial charge in [-0.1, -0.05) is 26.5 Å². The highest BCUT2D eigenvalue weighted by atomic mass is 16.5. The van der Waals surface area contributed by atoms with Crippen LogP contribution in [0.5, 0.6) is 0 Å². The van der Waals surface area contributed by atoms with E-state index in [1.165, 1.54) is 6.08 Å². The molecule has 0 saturated heterocycles. The van der Waals surface area contributed by atoms with Gasteiger partial charge in [-0.05, 0) is 12.8 Å². The molecule has 0 aliphatic carbocycles. The molecule has 0 saturated carbocycles. The summed E-state index contributed by atoms with van der Waals surface area (Å²) in [5.74, 6) is 0.0533. The first-order valence-electron chi connectivity index (χ1n) is 3.94. The SMILES string of the molecule is C=CC.C=CC(=O)OCC(C)C. The molecule has 2 heteroatoms. The summed E-state index contributed by atoms with van der Waals surface area (Å²) in [6.07, 6.45) is 2.92. The van der Waals surface area contributed by atoms with E-state index >= 15 is 0 Å². The fraction of sp³-hybridized carbons (Fsp3) is 0.500. The first kappa shape index (κ1) is 13.5. The molecular weight excluding hydrogens is 152 g/mol. The van der Waals surface area contributed by atoms with Crippen molar-refractivity contribution in [2.75, 3.05) is 6.61 Å². The minimum absolute atomic E-state index is 0.344. The van der Waals surface area contributed by atoms with Crippen LogP contribution < -0.4 is 0 Å². The molecule has 0 atom stereocenters. The van der Waals surface area contributed by atoms with Crippen molar-refractivity contribution in [2.24, 2.45) is 5.92 Å². The van der Waals surface area contributed by atoms with E-state index in [0.717, 1.165) is 0 Å². The Balaban J connectivity index is 0. The summed E-state index contributed by atoms with van der Waals surface area (Å²) >= 11 is 0. The quantitative estimate of drug-likeness (QED) is 0.369. The maximum Gasteiger partial charge on any atom is 0.330 e. The van der Waals surface area contributed by atoms with Crippen LogP contribution in [0.25, 0.3) is 0 Å². The van der Waals surface area contributed by atoms with Gasteiger partial charge in [0.2, 0.25) is 0 Å². The summed E-state index contributed by atoms with van der Waals surface area (Å²) in [6, 6.07) is 0. The highest BCUT2D eigenvalue weighted by Gasteiger charge is 1.96. The summed E-state index contributed by atoms with van der Waals surface area (Å²) in [6.45, 7) is 13.0. The molecule has 0 fully saturated rings. The van der Waals surface area contributed by atoms with Gasteiger partial charge in [-0.15, -0.1) is 6.58 Å². The number of carbonyl (C=O) groups is 1. The maximum absolute atomic E-state index is 10.4. The van der Waals surface area contributed by atoms with E-state index in [9.17, 15) is 4.79 Å². The summed E-state index contributed by atoms with van der Waals surface area (Å²) in [5.41, 5.74) is 0. The van der Waals surface area contributed by atoms with Crippen LogP contribution in [-0.2, 0) is 9.53 Å². The Kier molecular flexibility index (Phi) is 11.2. The lowest BCUT2D eigenvalue weighted by molar-refractivity contribution is -0.138. The van der Waals surface area contributed by atoms with Crippen molar-refractivity contribution in [3.8, 4) is 0 Å². The van der Waals surface area contributed by atoms with Crippen molar-refractivity contribution < 1.29 is 9.53 Å². The molecule has 0 heterocycles. The minimum Gasteiger partial charge on any atom is -0.462 e. The fourth-order valence-electron chi connectivity index (χ4n) is 0.308. The highest BCUT2D eigenvalue weighted by molar-refractivity contribution is 5.81. The summed E-state index contributed by atoms with van der Waals surface area (Å²) in [7, 11) is 0. The van der Waals surface area contributed by atoms with Gasteiger partial charge in [0.1, 0.15) is 0 Å². The van der Waals surface area contributed by atoms with Crippen LogP contribution >= 0.6 is 0 Å². The molecule has 0 bridgehead atoms. The van der Waals surface area contributed by atoms with Gasteiger partial charge >= 0.3 is 5.97 Å². The predicted octanol–water partition coefficient (Wildman–Crippen LogP) is 2.56. The van der Waals surface area contributed by atoms with Crippen LogP contribution in [0.15, 0.2) is 25.3 Å². The van der Waals surface area contributed by atoms with Crippen molar-refractivity contribution in [2.45, 2.75) is 20.8 Å². The van der Waals surface area contributed by atoms with Gasteiger partial charge in [0.05, 0.1) is 6.61 Å². The zero-order valence-electron chi connectivity index (χ0n) is 8.17. The van der Waals surface area contributed by atoms with Crippen LogP contribution in [-0.4, -0.2) is 12.6 Å². The van der Waals surface area contributed by atoms with Crippen LogP contribution in [0.4, 0.5) is 0 Å². The Hall–Kier alpha value is -1.05. The number of hydrogen-bond donors (Lipinski definition) is 0. The molecule has 0 aromatic carbocycles. The molecule has 70 valence electrons. The minimum atomic E-state index is -0.344. The van der Waals surface area contributed by atoms with Gasteiger partial charge in [-0.2, -0.15) is 0 Å². The molecule has 0 aromatic heterocycles. The summed E-state index contributed by atoms with van der Waals surface area (Å²) < 4.78 is 4.70. The molecule has 12 heavy (non-hydrogen) atoms. The van der Waals surface area contributed by atoms with Crippen LogP contribution in [0.1, 0.15) is 20.8 Å². The van der Waals surface area contributed by atoms with E-state index in [2.05, 4.69) is 13.2 Å². The molecule has 0 N–H and O–H groups in total. The van der Waals surface area contributed by atoms with Crippen LogP contribution in [0.3, 0.4) is 0 Å². The molecule has 0 amide bonds. The molecule has 0 radical (unpaired) electrons. The molecule has 0 aliphatic rings. The van der Waals surface area contributed by atoms with Gasteiger partial charge < -0.3 is 4.74 Å². The van der Waals surface area contributed by atoms with E-state index in [1.54, 1.807) is 6.08 Å². The molecule has 0 spiro atoms. The number of allylic oxidation sites excluding steroid dienone is 1. The van der Waals surface area contributed by atoms with Crippen molar-refractivity contribution in [1.82, 2.24) is 0 Å². The standard InChI is InChI=1S/C7H12O2.C3H6/c1-4-7(8)9-5-6(2)3;1-3-2/h4,6H,1,5H2,2-3H3;3H,1H2,2H3. The number of ether oxygens (including phenoxy) is 1. The zero-order chi connectivity index (χ0) is 9.98. The normalized spacial score (nSPS) is 8.00. The van der Waals surface area contributed by atoms with Crippen molar-refractivity contribution in [3.05, 3.63) is 25.3 Å². The third-order valence-electron chi connectivity index (χ3n) is 0.726. The number of hydrogen-bond acceptors (Lipinski definition) is 2. The van der Waals surface area contributed by atoms with Crippen molar-refractivity contribution in [3.63, 3.8) is 0 Å². The van der Waals surface area contributed by atoms with Crippen molar-refractivity contribution in [1.29, 1.82) is 0 Å². The summed E-state index contributed by atoms with van der Waals surface area (Å²) in [4.78, 5) is 10.4. The lowest BCUT2D eigenvalue weighted by Crippen LogP contribution is -2.06. The molecular formula is C10H18O2. The van der Waals surface area contributed by atoms with E-state index in [4.69, 9.17) is 4.74 Å². The lowest BCUT2D eigenvalue weighted by Gasteiger charge is -2.02. The Labute approximate surface area is 74.9 Å². The third-order valence-corrected chi connectivity index (χ3v) is 0.726. The Bertz CT molecular complexity index is 137. The van der Waals surface area contributed by atoms with E-state index in [1.807, 2.05) is 20.8 Å². The lowest BCUT2D eigenvalue weighted by atomic mass is 10.2. The Morgan fingerprint density at radius 2 is 1.92 bits per heavy atom. The maximum atomic E-state index is 10.4. The summed E-state index contributed by atoms with van der Waals surface area (Å²) in [5, 5.41) is 0. The zero-order valence-corrected chi connectivity index (χ0v) is 8.17. The molecule has 2 nitrogen and oxygen atoms in total. The highest BCUT2D eigenvalue weighted by Crippen LogP contribution is 1.92. The fourth-order valence-corrected chi connectivity index (χ4v) is 0.308. The van der Waals surface area contributed by atoms with Crippen LogP contribution in [0, 0.1) is 5.92 Å². The Morgan fingerprint density at radius 3 is 2.17 bits per heavy atom. The Morgan fingerprint density at radius 1 is 1.50 bits per heavy atom. The second-order valence-electron chi connectivity index (χ2n) is 2.64. The first-order chi connectivity index (χ1) is 5.58. The molecule has 0 rings (SSSR count). The molecule has 0 unspecified atom stereocenters. The smallest absolute Gasteiger partial charge is 0.330 e. The van der Waals surface area contributed by atoms with E-state index < -0.39 is 0 Å². The van der Waals surface area contributed by atoms with Gasteiger partial charge in [0, 0.05) is 6.08 Å². The second kappa shape index (κ2) is 9.95. The first-order valence-corrected chi connectivity index (χ1v) is 3.94. The van der Waals surface area contributed by atoms with Crippen molar-refractivity contribution >= 4 is 5.97 Å². The molecule has 0 aromatic rings. The van der Waals surface area contributed by atoms with Crippen LogP contribution in [0.2, 0.25) is 0 Å². The van der Waals surface area contributed by atoms with E-state index in [-0.39, 0.29) is 5.97 Å². The number of esters is 1. The van der Waals surface area contributed by atoms with Gasteiger partial charge in [0.25, 0.3) is 0 Å². The largest absolute Gasteiger partial charge is 0.462 e. The topological polar surface area (TPSA) is 26.3 Å².